The highest BCUT2D eigenvalue weighted by Crippen LogP contribution is 2.39. The Morgan fingerprint density at radius 1 is 0.921 bits per heavy atom. The van der Waals surface area contributed by atoms with E-state index in [1.54, 1.807) is 6.07 Å². The molecule has 2 saturated heterocycles. The smallest absolute Gasteiger partial charge is 0.268 e. The van der Waals surface area contributed by atoms with Crippen LogP contribution in [0.3, 0.4) is 0 Å². The zero-order valence-corrected chi connectivity index (χ0v) is 22.3. The topological polar surface area (TPSA) is 90.2 Å². The number of aromatic hydroxyl groups is 2. The van der Waals surface area contributed by atoms with E-state index >= 15 is 0 Å². The van der Waals surface area contributed by atoms with Crippen molar-refractivity contribution in [2.75, 3.05) is 57.4 Å². The van der Waals surface area contributed by atoms with Crippen LogP contribution in [0.2, 0.25) is 0 Å². The van der Waals surface area contributed by atoms with Crippen LogP contribution in [0.5, 0.6) is 11.5 Å². The normalized spacial score (nSPS) is 16.3. The molecular weight excluding hydrogens is 480 g/mol. The van der Waals surface area contributed by atoms with Crippen molar-refractivity contribution in [3.63, 3.8) is 0 Å². The van der Waals surface area contributed by atoms with Crippen LogP contribution in [-0.2, 0) is 4.74 Å². The predicted molar refractivity (Wildman–Crippen MR) is 150 cm³/mol. The van der Waals surface area contributed by atoms with Crippen molar-refractivity contribution in [1.82, 2.24) is 14.8 Å². The summed E-state index contributed by atoms with van der Waals surface area (Å²) in [6, 6.07) is 15.0. The van der Waals surface area contributed by atoms with E-state index in [1.165, 1.54) is 18.9 Å². The highest BCUT2D eigenvalue weighted by atomic mass is 16.5. The van der Waals surface area contributed by atoms with Gasteiger partial charge in [0, 0.05) is 49.2 Å². The molecule has 2 aromatic carbocycles. The molecular formula is C30H38N4O4. The van der Waals surface area contributed by atoms with Crippen molar-refractivity contribution < 1.29 is 19.7 Å². The van der Waals surface area contributed by atoms with Crippen molar-refractivity contribution in [1.29, 1.82) is 0 Å². The zero-order valence-electron chi connectivity index (χ0n) is 22.3. The second kappa shape index (κ2) is 11.5. The first kappa shape index (κ1) is 26.1. The Hall–Kier alpha value is -3.49. The molecule has 3 heterocycles. The molecule has 0 atom stereocenters. The molecule has 2 aliphatic heterocycles. The molecule has 0 aliphatic carbocycles. The van der Waals surface area contributed by atoms with Gasteiger partial charge in [-0.2, -0.15) is 0 Å². The number of benzene rings is 2. The van der Waals surface area contributed by atoms with Crippen LogP contribution in [0.1, 0.15) is 48.7 Å². The van der Waals surface area contributed by atoms with Gasteiger partial charge in [-0.25, -0.2) is 0 Å². The average Bonchev–Trinajstić information content (AvgIpc) is 3.60. The summed E-state index contributed by atoms with van der Waals surface area (Å²) < 4.78 is 7.38. The quantitative estimate of drug-likeness (QED) is 0.411. The number of rotatable bonds is 8. The van der Waals surface area contributed by atoms with Crippen LogP contribution in [0.25, 0.3) is 16.9 Å². The molecule has 8 nitrogen and oxygen atoms in total. The van der Waals surface area contributed by atoms with Crippen molar-refractivity contribution >= 4 is 11.6 Å². The van der Waals surface area contributed by atoms with Gasteiger partial charge in [0.25, 0.3) is 5.91 Å². The molecule has 8 heteroatoms. The summed E-state index contributed by atoms with van der Waals surface area (Å²) in [6.45, 7) is 10.7. The summed E-state index contributed by atoms with van der Waals surface area (Å²) >= 11 is 0. The summed E-state index contributed by atoms with van der Waals surface area (Å²) in [5.41, 5.74) is 4.43. The lowest BCUT2D eigenvalue weighted by atomic mass is 9.97. The number of morpholine rings is 1. The lowest BCUT2D eigenvalue weighted by Gasteiger charge is -2.29. The molecule has 0 radical (unpaired) electrons. The van der Waals surface area contributed by atoms with E-state index in [0.29, 0.717) is 36.7 Å². The molecule has 3 aromatic rings. The maximum atomic E-state index is 13.4. The number of nitrogens with one attached hydrogen (secondary N) is 1. The maximum Gasteiger partial charge on any atom is 0.268 e. The lowest BCUT2D eigenvalue weighted by Crippen LogP contribution is -2.36. The Kier molecular flexibility index (Phi) is 7.90. The van der Waals surface area contributed by atoms with Crippen LogP contribution in [0.15, 0.2) is 48.5 Å². The Balaban J connectivity index is 1.50. The van der Waals surface area contributed by atoms with Crippen molar-refractivity contribution in [3.05, 3.63) is 59.8 Å². The highest BCUT2D eigenvalue weighted by Gasteiger charge is 2.22. The van der Waals surface area contributed by atoms with Gasteiger partial charge in [0.2, 0.25) is 0 Å². The monoisotopic (exact) mass is 518 g/mol. The van der Waals surface area contributed by atoms with Crippen LogP contribution in [0.4, 0.5) is 5.69 Å². The van der Waals surface area contributed by atoms with Gasteiger partial charge >= 0.3 is 0 Å². The third-order valence-corrected chi connectivity index (χ3v) is 7.55. The third-order valence-electron chi connectivity index (χ3n) is 7.55. The molecule has 1 amide bonds. The van der Waals surface area contributed by atoms with E-state index in [4.69, 9.17) is 4.74 Å². The number of likely N-dealkylation sites (tertiary alicyclic amines) is 1. The van der Waals surface area contributed by atoms with E-state index in [0.717, 1.165) is 49.7 Å². The number of anilines is 1. The Bertz CT molecular complexity index is 1260. The summed E-state index contributed by atoms with van der Waals surface area (Å²) in [7, 11) is 0. The average molecular weight is 519 g/mol. The highest BCUT2D eigenvalue weighted by molar-refractivity contribution is 5.95. The number of carbonyl (C=O) groups is 1. The molecule has 5 rings (SSSR count). The first-order valence-electron chi connectivity index (χ1n) is 13.6. The summed E-state index contributed by atoms with van der Waals surface area (Å²) in [6.07, 6.45) is 2.43. The molecule has 1 aromatic heterocycles. The Morgan fingerprint density at radius 3 is 2.29 bits per heavy atom. The zero-order chi connectivity index (χ0) is 26.6. The SMILES string of the molecule is CC(C)c1cc(-c2ccc(C(=O)NCCN3CCCC3)n2-c2ccc(N3CCOCC3)cc2)c(O)cc1O. The standard InChI is InChI=1S/C30H38N4O4/c1-21(2)24-19-25(29(36)20-28(24)35)26-9-10-27(30(37)31-11-14-32-12-3-4-13-32)34(26)23-7-5-22(6-8-23)33-15-17-38-18-16-33/h5-10,19-21,35-36H,3-4,11-18H2,1-2H3,(H,31,37). The van der Waals surface area contributed by atoms with Gasteiger partial charge in [-0.15, -0.1) is 0 Å². The van der Waals surface area contributed by atoms with Crippen LogP contribution < -0.4 is 10.2 Å². The van der Waals surface area contributed by atoms with E-state index in [9.17, 15) is 15.0 Å². The fourth-order valence-electron chi connectivity index (χ4n) is 5.42. The number of nitrogens with zero attached hydrogens (tertiary/aromatic N) is 3. The molecule has 0 saturated carbocycles. The van der Waals surface area contributed by atoms with Gasteiger partial charge in [0.1, 0.15) is 17.2 Å². The van der Waals surface area contributed by atoms with Gasteiger partial charge < -0.3 is 34.6 Å². The first-order chi connectivity index (χ1) is 18.4. The van der Waals surface area contributed by atoms with Gasteiger partial charge in [-0.3, -0.25) is 4.79 Å². The fourth-order valence-corrected chi connectivity index (χ4v) is 5.42. The van der Waals surface area contributed by atoms with E-state index in [1.807, 2.05) is 42.7 Å². The van der Waals surface area contributed by atoms with Crippen molar-refractivity contribution in [3.8, 4) is 28.4 Å². The number of phenolic OH excluding ortho intramolecular Hbond substituents is 2. The number of carbonyl (C=O) groups excluding carboxylic acids is 1. The van der Waals surface area contributed by atoms with Gasteiger partial charge in [-0.05, 0) is 79.9 Å². The van der Waals surface area contributed by atoms with Gasteiger partial charge in [0.15, 0.2) is 0 Å². The Morgan fingerprint density at radius 2 is 1.61 bits per heavy atom. The summed E-state index contributed by atoms with van der Waals surface area (Å²) in [5.74, 6) is -0.0553. The number of amides is 1. The molecule has 2 fully saturated rings. The third kappa shape index (κ3) is 5.51. The van der Waals surface area contributed by atoms with E-state index < -0.39 is 0 Å². The van der Waals surface area contributed by atoms with E-state index in [2.05, 4.69) is 27.2 Å². The number of aromatic nitrogens is 1. The summed E-state index contributed by atoms with van der Waals surface area (Å²) in [5, 5.41) is 24.3. The maximum absolute atomic E-state index is 13.4. The largest absolute Gasteiger partial charge is 0.508 e. The Labute approximate surface area is 224 Å². The number of hydrogen-bond donors (Lipinski definition) is 3. The fraction of sp³-hybridized carbons (Fsp3) is 0.433. The van der Waals surface area contributed by atoms with Crippen LogP contribution in [0, 0.1) is 0 Å². The molecule has 38 heavy (non-hydrogen) atoms. The second-order valence-electron chi connectivity index (χ2n) is 10.4. The molecule has 2 aliphatic rings. The molecule has 0 bridgehead atoms. The lowest BCUT2D eigenvalue weighted by molar-refractivity contribution is 0.0943. The van der Waals surface area contributed by atoms with Crippen molar-refractivity contribution in [2.24, 2.45) is 0 Å². The van der Waals surface area contributed by atoms with E-state index in [-0.39, 0.29) is 23.3 Å². The van der Waals surface area contributed by atoms with Crippen LogP contribution >= 0.6 is 0 Å². The molecule has 0 unspecified atom stereocenters. The number of ether oxygens (including phenoxy) is 1. The minimum atomic E-state index is -0.157. The first-order valence-corrected chi connectivity index (χ1v) is 13.6. The van der Waals surface area contributed by atoms with Crippen molar-refractivity contribution in [2.45, 2.75) is 32.6 Å². The molecule has 0 spiro atoms. The van der Waals surface area contributed by atoms with Crippen LogP contribution in [-0.4, -0.2) is 78.1 Å². The van der Waals surface area contributed by atoms with Gasteiger partial charge in [0.05, 0.1) is 18.9 Å². The second-order valence-corrected chi connectivity index (χ2v) is 10.4. The summed E-state index contributed by atoms with van der Waals surface area (Å²) in [4.78, 5) is 18.1. The molecule has 3 N–H and O–H groups in total. The number of hydrogen-bond acceptors (Lipinski definition) is 6. The minimum Gasteiger partial charge on any atom is -0.508 e. The number of phenols is 2. The minimum absolute atomic E-state index is 0.0304. The predicted octanol–water partition coefficient (Wildman–Crippen LogP) is 4.34. The van der Waals surface area contributed by atoms with Gasteiger partial charge in [-0.1, -0.05) is 13.8 Å². The molecule has 202 valence electrons.